The zero-order valence-corrected chi connectivity index (χ0v) is 20.9. The molecule has 0 radical (unpaired) electrons. The highest BCUT2D eigenvalue weighted by molar-refractivity contribution is 7.89. The van der Waals surface area contributed by atoms with E-state index in [9.17, 15) is 13.2 Å². The summed E-state index contributed by atoms with van der Waals surface area (Å²) in [5.74, 6) is -0.226. The average molecular weight is 494 g/mol. The van der Waals surface area contributed by atoms with Crippen molar-refractivity contribution in [2.45, 2.75) is 18.2 Å². The minimum atomic E-state index is -3.64. The molecule has 35 heavy (non-hydrogen) atoms. The summed E-state index contributed by atoms with van der Waals surface area (Å²) in [5, 5.41) is 2.87. The molecule has 1 aliphatic heterocycles. The van der Waals surface area contributed by atoms with Gasteiger partial charge in [-0.2, -0.15) is 0 Å². The van der Waals surface area contributed by atoms with E-state index in [0.29, 0.717) is 11.3 Å². The maximum Gasteiger partial charge on any atom is 0.243 e. The molecule has 4 rings (SSSR count). The van der Waals surface area contributed by atoms with Gasteiger partial charge >= 0.3 is 0 Å². The number of rotatable bonds is 8. The Labute approximate surface area is 207 Å². The summed E-state index contributed by atoms with van der Waals surface area (Å²) < 4.78 is 26.8. The largest absolute Gasteiger partial charge is 0.368 e. The molecule has 0 atom stereocenters. The summed E-state index contributed by atoms with van der Waals surface area (Å²) in [7, 11) is -2.14. The smallest absolute Gasteiger partial charge is 0.243 e. The van der Waals surface area contributed by atoms with Gasteiger partial charge in [-0.3, -0.25) is 9.78 Å². The number of hydrogen-bond acceptors (Lipinski definition) is 6. The Bertz CT molecular complexity index is 1240. The monoisotopic (exact) mass is 493 g/mol. The predicted molar refractivity (Wildman–Crippen MR) is 139 cm³/mol. The number of hydrogen-bond donors (Lipinski definition) is 1. The second-order valence-electron chi connectivity index (χ2n) is 8.62. The molecule has 1 saturated heterocycles. The first kappa shape index (κ1) is 24.7. The lowest BCUT2D eigenvalue weighted by Crippen LogP contribution is -2.46. The lowest BCUT2D eigenvalue weighted by Gasteiger charge is -2.37. The Morgan fingerprint density at radius 1 is 0.914 bits per heavy atom. The van der Waals surface area contributed by atoms with Crippen LogP contribution in [0.15, 0.2) is 78.0 Å². The van der Waals surface area contributed by atoms with Gasteiger partial charge in [0, 0.05) is 75.6 Å². The first-order valence-electron chi connectivity index (χ1n) is 11.7. The van der Waals surface area contributed by atoms with Crippen LogP contribution in [0.3, 0.4) is 0 Å². The van der Waals surface area contributed by atoms with Crippen molar-refractivity contribution < 1.29 is 13.2 Å². The number of carbonyl (C=O) groups excluding carboxylic acids is 1. The highest BCUT2D eigenvalue weighted by Crippen LogP contribution is 2.22. The molecule has 0 saturated carbocycles. The maximum absolute atomic E-state index is 12.8. The number of aromatic nitrogens is 1. The Morgan fingerprint density at radius 2 is 1.49 bits per heavy atom. The van der Waals surface area contributed by atoms with Crippen LogP contribution in [0.2, 0.25) is 0 Å². The third kappa shape index (κ3) is 5.98. The quantitative estimate of drug-likeness (QED) is 0.518. The van der Waals surface area contributed by atoms with Crippen molar-refractivity contribution in [3.63, 3.8) is 0 Å². The molecule has 1 aliphatic rings. The fourth-order valence-corrected chi connectivity index (χ4v) is 5.54. The number of amides is 1. The summed E-state index contributed by atoms with van der Waals surface area (Å²) in [4.78, 5) is 21.5. The van der Waals surface area contributed by atoms with Crippen molar-refractivity contribution >= 4 is 33.0 Å². The van der Waals surface area contributed by atoms with Crippen LogP contribution in [0.5, 0.6) is 0 Å². The van der Waals surface area contributed by atoms with E-state index < -0.39 is 10.0 Å². The van der Waals surface area contributed by atoms with Gasteiger partial charge in [0.2, 0.25) is 15.9 Å². The van der Waals surface area contributed by atoms with Gasteiger partial charge < -0.3 is 15.1 Å². The molecule has 0 aliphatic carbocycles. The molecule has 184 valence electrons. The molecule has 0 bridgehead atoms. The van der Waals surface area contributed by atoms with Gasteiger partial charge in [-0.05, 0) is 55.0 Å². The Kier molecular flexibility index (Phi) is 7.67. The SMILES string of the molecule is Cc1ccccc1S(=O)(=O)N(C)CCC(=O)Nc1ccc(N2CCN(c3ccncc3)CC2)cc1. The minimum absolute atomic E-state index is 0.0698. The van der Waals surface area contributed by atoms with Gasteiger partial charge in [-0.1, -0.05) is 18.2 Å². The van der Waals surface area contributed by atoms with Crippen molar-refractivity contribution in [1.82, 2.24) is 9.29 Å². The van der Waals surface area contributed by atoms with E-state index >= 15 is 0 Å². The average Bonchev–Trinajstić information content (AvgIpc) is 2.88. The second kappa shape index (κ2) is 10.9. The number of sulfonamides is 1. The summed E-state index contributed by atoms with van der Waals surface area (Å²) in [6.07, 6.45) is 3.70. The van der Waals surface area contributed by atoms with E-state index in [0.717, 1.165) is 31.9 Å². The highest BCUT2D eigenvalue weighted by atomic mass is 32.2. The van der Waals surface area contributed by atoms with Crippen molar-refractivity contribution in [3.8, 4) is 0 Å². The zero-order valence-electron chi connectivity index (χ0n) is 20.1. The number of aryl methyl sites for hydroxylation is 1. The molecule has 8 nitrogen and oxygen atoms in total. The highest BCUT2D eigenvalue weighted by Gasteiger charge is 2.23. The van der Waals surface area contributed by atoms with Crippen LogP contribution in [0, 0.1) is 6.92 Å². The molecule has 1 N–H and O–H groups in total. The van der Waals surface area contributed by atoms with Gasteiger partial charge in [0.15, 0.2) is 0 Å². The lowest BCUT2D eigenvalue weighted by molar-refractivity contribution is -0.116. The first-order valence-corrected chi connectivity index (χ1v) is 13.1. The predicted octanol–water partition coefficient (Wildman–Crippen LogP) is 3.37. The van der Waals surface area contributed by atoms with Crippen molar-refractivity contribution in [2.75, 3.05) is 54.9 Å². The topological polar surface area (TPSA) is 85.8 Å². The number of anilines is 3. The van der Waals surface area contributed by atoms with Gasteiger partial charge in [0.1, 0.15) is 0 Å². The van der Waals surface area contributed by atoms with Gasteiger partial charge in [-0.25, -0.2) is 12.7 Å². The summed E-state index contributed by atoms with van der Waals surface area (Å²) >= 11 is 0. The molecule has 3 aromatic rings. The second-order valence-corrected chi connectivity index (χ2v) is 10.6. The van der Waals surface area contributed by atoms with Crippen LogP contribution in [-0.2, 0) is 14.8 Å². The molecule has 1 aromatic heterocycles. The number of pyridine rings is 1. The van der Waals surface area contributed by atoms with Gasteiger partial charge in [0.25, 0.3) is 0 Å². The van der Waals surface area contributed by atoms with Crippen molar-refractivity contribution in [3.05, 3.63) is 78.6 Å². The van der Waals surface area contributed by atoms with Crippen LogP contribution >= 0.6 is 0 Å². The summed E-state index contributed by atoms with van der Waals surface area (Å²) in [6.45, 7) is 5.55. The molecule has 1 fully saturated rings. The third-order valence-electron chi connectivity index (χ3n) is 6.26. The number of nitrogens with zero attached hydrogens (tertiary/aromatic N) is 4. The molecular formula is C26H31N5O3S. The standard InChI is InChI=1S/C26H31N5O3S/c1-21-5-3-4-6-25(21)35(33,34)29(2)16-13-26(32)28-22-7-9-23(10-8-22)30-17-19-31(20-18-30)24-11-14-27-15-12-24/h3-12,14-15H,13,16-20H2,1-2H3,(H,28,32). The fraction of sp³-hybridized carbons (Fsp3) is 0.308. The van der Waals surface area contributed by atoms with Gasteiger partial charge in [-0.15, -0.1) is 0 Å². The van der Waals surface area contributed by atoms with Crippen LogP contribution in [-0.4, -0.2) is 63.4 Å². The number of carbonyl (C=O) groups is 1. The number of benzene rings is 2. The molecule has 1 amide bonds. The van der Waals surface area contributed by atoms with Crippen molar-refractivity contribution in [2.24, 2.45) is 0 Å². The number of piperazine rings is 1. The van der Waals surface area contributed by atoms with Gasteiger partial charge in [0.05, 0.1) is 4.90 Å². The Hall–Kier alpha value is -3.43. The summed E-state index contributed by atoms with van der Waals surface area (Å²) in [5.41, 5.74) is 3.68. The molecular weight excluding hydrogens is 462 g/mol. The first-order chi connectivity index (χ1) is 16.8. The fourth-order valence-electron chi connectivity index (χ4n) is 4.15. The number of nitrogens with one attached hydrogen (secondary N) is 1. The van der Waals surface area contributed by atoms with E-state index in [1.165, 1.54) is 17.0 Å². The minimum Gasteiger partial charge on any atom is -0.368 e. The van der Waals surface area contributed by atoms with Crippen LogP contribution in [0.25, 0.3) is 0 Å². The Morgan fingerprint density at radius 3 is 2.09 bits per heavy atom. The molecule has 9 heteroatoms. The van der Waals surface area contributed by atoms with E-state index in [4.69, 9.17) is 0 Å². The lowest BCUT2D eigenvalue weighted by atomic mass is 10.2. The summed E-state index contributed by atoms with van der Waals surface area (Å²) in [6, 6.07) is 18.7. The van der Waals surface area contributed by atoms with Crippen LogP contribution in [0.1, 0.15) is 12.0 Å². The maximum atomic E-state index is 12.8. The van der Waals surface area contributed by atoms with E-state index in [-0.39, 0.29) is 23.8 Å². The van der Waals surface area contributed by atoms with Crippen molar-refractivity contribution in [1.29, 1.82) is 0 Å². The molecule has 2 aromatic carbocycles. The van der Waals surface area contributed by atoms with E-state index in [2.05, 4.69) is 20.1 Å². The molecule has 0 unspecified atom stereocenters. The van der Waals surface area contributed by atoms with Crippen LogP contribution in [0.4, 0.5) is 17.1 Å². The van der Waals surface area contributed by atoms with E-state index in [1.807, 2.05) is 48.8 Å². The Balaban J connectivity index is 1.26. The van der Waals surface area contributed by atoms with E-state index in [1.54, 1.807) is 31.2 Å². The van der Waals surface area contributed by atoms with Crippen LogP contribution < -0.4 is 15.1 Å². The third-order valence-corrected chi connectivity index (χ3v) is 8.28. The normalized spacial score (nSPS) is 14.3. The molecule has 0 spiro atoms. The zero-order chi connectivity index (χ0) is 24.8. The molecule has 2 heterocycles.